The van der Waals surface area contributed by atoms with Crippen LogP contribution in [-0.4, -0.2) is 53.3 Å². The van der Waals surface area contributed by atoms with E-state index in [9.17, 15) is 14.0 Å². The summed E-state index contributed by atoms with van der Waals surface area (Å²) in [4.78, 5) is 27.2. The molecule has 1 N–H and O–H groups in total. The maximum atomic E-state index is 14.2. The highest BCUT2D eigenvalue weighted by atomic mass is 35.5. The smallest absolute Gasteiger partial charge is 0.257 e. The molecule has 34 heavy (non-hydrogen) atoms. The predicted molar refractivity (Wildman–Crippen MR) is 130 cm³/mol. The molecule has 0 aliphatic carbocycles. The molecule has 1 heterocycles. The molecule has 3 rings (SSSR count). The number of hydrogen-bond acceptors (Lipinski definition) is 4. The second-order valence-corrected chi connectivity index (χ2v) is 9.18. The van der Waals surface area contributed by atoms with E-state index in [1.807, 2.05) is 26.8 Å². The summed E-state index contributed by atoms with van der Waals surface area (Å²) in [5.74, 6) is -1.30. The van der Waals surface area contributed by atoms with Gasteiger partial charge >= 0.3 is 0 Å². The number of nitrogens with zero attached hydrogens (tertiary/aromatic N) is 3. The number of amides is 2. The molecule has 2 amide bonds. The van der Waals surface area contributed by atoms with Crippen molar-refractivity contribution < 1.29 is 18.7 Å². The van der Waals surface area contributed by atoms with Gasteiger partial charge in [0, 0.05) is 25.1 Å². The molecule has 0 bridgehead atoms. The Labute approximate surface area is 203 Å². The van der Waals surface area contributed by atoms with E-state index in [1.54, 1.807) is 35.0 Å². The lowest BCUT2D eigenvalue weighted by Gasteiger charge is -2.22. The van der Waals surface area contributed by atoms with Gasteiger partial charge in [-0.1, -0.05) is 56.6 Å². The monoisotopic (exact) mass is 486 g/mol. The highest BCUT2D eigenvalue weighted by Gasteiger charge is 2.25. The van der Waals surface area contributed by atoms with Crippen LogP contribution in [-0.2, 0) is 14.9 Å². The van der Waals surface area contributed by atoms with Crippen molar-refractivity contribution in [2.24, 2.45) is 0 Å². The number of para-hydroxylation sites is 1. The fourth-order valence-corrected chi connectivity index (χ4v) is 3.47. The summed E-state index contributed by atoms with van der Waals surface area (Å²) >= 11 is 6.38. The minimum atomic E-state index is -0.651. The summed E-state index contributed by atoms with van der Waals surface area (Å²) in [6, 6.07) is 14.6. The van der Waals surface area contributed by atoms with Gasteiger partial charge < -0.3 is 15.0 Å². The van der Waals surface area contributed by atoms with Crippen molar-refractivity contribution in [3.05, 3.63) is 76.7 Å². The van der Waals surface area contributed by atoms with E-state index in [4.69, 9.17) is 16.3 Å². The number of hydrogen-bond donors (Lipinski definition) is 1. The zero-order valence-electron chi connectivity index (χ0n) is 19.6. The standard InChI is InChI=1S/C25H28ClFN4O3/c1-25(2,3)21-15-22(31(29-21)20-12-8-6-10-18(20)26)28-23(32)16-30(13-14-34-4)24(33)17-9-5-7-11-19(17)27/h5-12,15H,13-14,16H2,1-4H3,(H,28,32). The van der Waals surface area contributed by atoms with Crippen molar-refractivity contribution in [1.29, 1.82) is 0 Å². The van der Waals surface area contributed by atoms with Gasteiger partial charge in [0.15, 0.2) is 0 Å². The van der Waals surface area contributed by atoms with Crippen LogP contribution < -0.4 is 5.32 Å². The normalized spacial score (nSPS) is 11.4. The SMILES string of the molecule is COCCN(CC(=O)Nc1cc(C(C)(C)C)nn1-c1ccccc1Cl)C(=O)c1ccccc1F. The Morgan fingerprint density at radius 1 is 1.15 bits per heavy atom. The fourth-order valence-electron chi connectivity index (χ4n) is 3.26. The Bertz CT molecular complexity index is 1170. The van der Waals surface area contributed by atoms with Crippen LogP contribution in [0.1, 0.15) is 36.8 Å². The van der Waals surface area contributed by atoms with Crippen molar-refractivity contribution in [3.63, 3.8) is 0 Å². The molecule has 0 saturated carbocycles. The van der Waals surface area contributed by atoms with Gasteiger partial charge in [0.1, 0.15) is 18.2 Å². The highest BCUT2D eigenvalue weighted by Crippen LogP contribution is 2.29. The highest BCUT2D eigenvalue weighted by molar-refractivity contribution is 6.32. The number of carbonyl (C=O) groups excluding carboxylic acids is 2. The Morgan fingerprint density at radius 3 is 2.47 bits per heavy atom. The zero-order chi connectivity index (χ0) is 24.9. The van der Waals surface area contributed by atoms with Gasteiger partial charge in [0.25, 0.3) is 5.91 Å². The van der Waals surface area contributed by atoms with Crippen molar-refractivity contribution in [2.45, 2.75) is 26.2 Å². The average molecular weight is 487 g/mol. The molecule has 0 atom stereocenters. The Balaban J connectivity index is 1.88. The third-order valence-corrected chi connectivity index (χ3v) is 5.44. The third kappa shape index (κ3) is 6.01. The summed E-state index contributed by atoms with van der Waals surface area (Å²) in [5, 5.41) is 7.96. The largest absolute Gasteiger partial charge is 0.383 e. The lowest BCUT2D eigenvalue weighted by molar-refractivity contribution is -0.117. The van der Waals surface area contributed by atoms with Crippen LogP contribution >= 0.6 is 11.6 Å². The molecule has 9 heteroatoms. The molecule has 0 aliphatic rings. The first-order chi connectivity index (χ1) is 16.1. The molecule has 0 unspecified atom stereocenters. The van der Waals surface area contributed by atoms with E-state index in [2.05, 4.69) is 10.4 Å². The Hall–Kier alpha value is -3.23. The molecular formula is C25H28ClFN4O3. The van der Waals surface area contributed by atoms with Crippen LogP contribution in [0.3, 0.4) is 0 Å². The number of nitrogens with one attached hydrogen (secondary N) is 1. The number of carbonyl (C=O) groups is 2. The molecule has 0 spiro atoms. The van der Waals surface area contributed by atoms with Crippen LogP contribution in [0.25, 0.3) is 5.69 Å². The van der Waals surface area contributed by atoms with Crippen LogP contribution in [0.4, 0.5) is 10.2 Å². The van der Waals surface area contributed by atoms with E-state index in [0.717, 1.165) is 5.69 Å². The topological polar surface area (TPSA) is 76.5 Å². The summed E-state index contributed by atoms with van der Waals surface area (Å²) in [6.07, 6.45) is 0. The first-order valence-corrected chi connectivity index (χ1v) is 11.2. The summed E-state index contributed by atoms with van der Waals surface area (Å²) in [7, 11) is 1.49. The van der Waals surface area contributed by atoms with Gasteiger partial charge in [0.05, 0.1) is 28.6 Å². The summed E-state index contributed by atoms with van der Waals surface area (Å²) < 4.78 is 20.8. The molecule has 180 valence electrons. The first-order valence-electron chi connectivity index (χ1n) is 10.8. The second kappa shape index (κ2) is 10.8. The van der Waals surface area contributed by atoms with E-state index in [0.29, 0.717) is 16.5 Å². The van der Waals surface area contributed by atoms with E-state index in [-0.39, 0.29) is 30.7 Å². The number of rotatable bonds is 8. The number of methoxy groups -OCH3 is 1. The number of halogens is 2. The molecule has 7 nitrogen and oxygen atoms in total. The maximum Gasteiger partial charge on any atom is 0.257 e. The van der Waals surface area contributed by atoms with Gasteiger partial charge in [-0.15, -0.1) is 0 Å². The summed E-state index contributed by atoms with van der Waals surface area (Å²) in [5.41, 5.74) is 0.967. The van der Waals surface area contributed by atoms with Crippen LogP contribution in [0.2, 0.25) is 5.02 Å². The second-order valence-electron chi connectivity index (χ2n) is 8.78. The number of anilines is 1. The molecular weight excluding hydrogens is 459 g/mol. The van der Waals surface area contributed by atoms with Gasteiger partial charge in [-0.25, -0.2) is 9.07 Å². The molecule has 0 fully saturated rings. The number of benzene rings is 2. The third-order valence-electron chi connectivity index (χ3n) is 5.12. The molecule has 3 aromatic rings. The van der Waals surface area contributed by atoms with Crippen LogP contribution in [0.5, 0.6) is 0 Å². The van der Waals surface area contributed by atoms with Gasteiger partial charge in [-0.2, -0.15) is 5.10 Å². The van der Waals surface area contributed by atoms with Crippen molar-refractivity contribution >= 4 is 29.2 Å². The predicted octanol–water partition coefficient (Wildman–Crippen LogP) is 4.69. The van der Waals surface area contributed by atoms with Crippen LogP contribution in [0, 0.1) is 5.82 Å². The molecule has 0 radical (unpaired) electrons. The van der Waals surface area contributed by atoms with Crippen molar-refractivity contribution in [1.82, 2.24) is 14.7 Å². The zero-order valence-corrected chi connectivity index (χ0v) is 20.4. The lowest BCUT2D eigenvalue weighted by Crippen LogP contribution is -2.40. The van der Waals surface area contributed by atoms with Crippen LogP contribution in [0.15, 0.2) is 54.6 Å². The molecule has 0 saturated heterocycles. The molecule has 1 aromatic heterocycles. The quantitative estimate of drug-likeness (QED) is 0.501. The van der Waals surface area contributed by atoms with E-state index >= 15 is 0 Å². The minimum absolute atomic E-state index is 0.109. The number of ether oxygens (including phenoxy) is 1. The van der Waals surface area contributed by atoms with Gasteiger partial charge in [-0.05, 0) is 24.3 Å². The maximum absolute atomic E-state index is 14.2. The number of aromatic nitrogens is 2. The summed E-state index contributed by atoms with van der Waals surface area (Å²) in [6.45, 7) is 6.05. The fraction of sp³-hybridized carbons (Fsp3) is 0.320. The van der Waals surface area contributed by atoms with Crippen molar-refractivity contribution in [3.8, 4) is 5.69 Å². The first kappa shape index (κ1) is 25.4. The Kier molecular flexibility index (Phi) is 8.06. The van der Waals surface area contributed by atoms with E-state index < -0.39 is 17.6 Å². The van der Waals surface area contributed by atoms with Crippen molar-refractivity contribution in [2.75, 3.05) is 32.1 Å². The van der Waals surface area contributed by atoms with Gasteiger partial charge in [0.2, 0.25) is 5.91 Å². The Morgan fingerprint density at radius 2 is 1.82 bits per heavy atom. The molecule has 0 aliphatic heterocycles. The molecule has 2 aromatic carbocycles. The average Bonchev–Trinajstić information content (AvgIpc) is 3.20. The van der Waals surface area contributed by atoms with Gasteiger partial charge in [-0.3, -0.25) is 9.59 Å². The van der Waals surface area contributed by atoms with E-state index in [1.165, 1.54) is 30.2 Å². The minimum Gasteiger partial charge on any atom is -0.383 e. The lowest BCUT2D eigenvalue weighted by atomic mass is 9.92.